The zero-order valence-electron chi connectivity index (χ0n) is 12.2. The highest BCUT2D eigenvalue weighted by molar-refractivity contribution is 5.77. The van der Waals surface area contributed by atoms with Crippen LogP contribution in [-0.4, -0.2) is 24.3 Å². The number of carbonyl (C=O) groups excluding carboxylic acids is 1. The van der Waals surface area contributed by atoms with Gasteiger partial charge in [-0.2, -0.15) is 13.2 Å². The highest BCUT2D eigenvalue weighted by Gasteiger charge is 2.53. The quantitative estimate of drug-likeness (QED) is 0.614. The van der Waals surface area contributed by atoms with Gasteiger partial charge >= 0.3 is 6.18 Å². The minimum Gasteiger partial charge on any atom is -0.369 e. The van der Waals surface area contributed by atoms with E-state index in [1.54, 1.807) is 0 Å². The summed E-state index contributed by atoms with van der Waals surface area (Å²) >= 11 is 0. The molecule has 0 bridgehead atoms. The van der Waals surface area contributed by atoms with Gasteiger partial charge in [0.05, 0.1) is 0 Å². The van der Waals surface area contributed by atoms with Crippen LogP contribution in [0.15, 0.2) is 0 Å². The lowest BCUT2D eigenvalue weighted by Crippen LogP contribution is -2.44. The first kappa shape index (κ1) is 17.0. The average Bonchev–Trinajstić information content (AvgIpc) is 2.45. The summed E-state index contributed by atoms with van der Waals surface area (Å²) in [6.07, 6.45) is -4.33. The summed E-state index contributed by atoms with van der Waals surface area (Å²) < 4.78 is 52.9. The Morgan fingerprint density at radius 1 is 1.14 bits per heavy atom. The maximum absolute atomic E-state index is 13.5. The molecular weight excluding hydrogens is 300 g/mol. The smallest absolute Gasteiger partial charge is 0.369 e. The van der Waals surface area contributed by atoms with Gasteiger partial charge in [0.25, 0.3) is 0 Å². The molecule has 22 heavy (non-hydrogen) atoms. The monoisotopic (exact) mass is 320 g/mol. The van der Waals surface area contributed by atoms with Crippen LogP contribution in [0.3, 0.4) is 0 Å². The molecule has 2 aliphatic rings. The summed E-state index contributed by atoms with van der Waals surface area (Å²) in [4.78, 5) is 14.7. The topological polar surface area (TPSA) is 47.5 Å². The number of hydrogen-bond acceptors (Lipinski definition) is 1. The van der Waals surface area contributed by atoms with E-state index in [0.29, 0.717) is 12.8 Å². The van der Waals surface area contributed by atoms with Crippen LogP contribution in [0.4, 0.5) is 17.6 Å². The predicted molar refractivity (Wildman–Crippen MR) is 72.2 cm³/mol. The van der Waals surface area contributed by atoms with Gasteiger partial charge in [-0.3, -0.25) is 4.79 Å². The lowest BCUT2D eigenvalue weighted by molar-refractivity contribution is -0.190. The van der Waals surface area contributed by atoms with E-state index in [4.69, 9.17) is 12.3 Å². The maximum atomic E-state index is 13.5. The molecule has 124 valence electrons. The van der Waals surface area contributed by atoms with E-state index in [9.17, 15) is 22.4 Å². The van der Waals surface area contributed by atoms with Gasteiger partial charge in [-0.1, -0.05) is 0 Å². The van der Waals surface area contributed by atoms with Crippen LogP contribution in [0.2, 0.25) is 0 Å². The summed E-state index contributed by atoms with van der Waals surface area (Å²) in [5.74, 6) is -3.56. The van der Waals surface area contributed by atoms with Crippen molar-refractivity contribution in [2.45, 2.75) is 56.9 Å². The van der Waals surface area contributed by atoms with E-state index in [0.717, 1.165) is 0 Å². The molecule has 2 saturated carbocycles. The van der Waals surface area contributed by atoms with Gasteiger partial charge in [0.15, 0.2) is 0 Å². The third-order valence-electron chi connectivity index (χ3n) is 5.25. The SMILES string of the molecule is [C-]#[N+]C1CCC(C2CCC(F)CC2C(N)=O)CC1C(F)(F)F. The lowest BCUT2D eigenvalue weighted by atomic mass is 9.64. The van der Waals surface area contributed by atoms with E-state index < -0.39 is 36.1 Å². The van der Waals surface area contributed by atoms with Crippen LogP contribution in [0.5, 0.6) is 0 Å². The molecule has 0 spiro atoms. The van der Waals surface area contributed by atoms with Crippen molar-refractivity contribution in [3.05, 3.63) is 11.4 Å². The standard InChI is InChI=1S/C15H20F4N2O/c1-21-13-5-2-8(6-12(13)15(17,18)19)10-4-3-9(16)7-11(10)14(20)22/h8-13H,2-7H2,(H2,20,22). The molecule has 3 nitrogen and oxygen atoms in total. The van der Waals surface area contributed by atoms with Gasteiger partial charge in [-0.05, 0) is 43.9 Å². The second-order valence-electron chi connectivity index (χ2n) is 6.50. The Kier molecular flexibility index (Phi) is 4.98. The Bertz CT molecular complexity index is 459. The number of rotatable bonds is 2. The van der Waals surface area contributed by atoms with Crippen molar-refractivity contribution in [2.75, 3.05) is 0 Å². The fourth-order valence-corrected chi connectivity index (χ4v) is 4.12. The molecule has 0 aliphatic heterocycles. The zero-order chi connectivity index (χ0) is 16.5. The van der Waals surface area contributed by atoms with Gasteiger partial charge in [0.1, 0.15) is 12.1 Å². The second kappa shape index (κ2) is 6.43. The minimum atomic E-state index is -4.41. The highest BCUT2D eigenvalue weighted by atomic mass is 19.4. The third-order valence-corrected chi connectivity index (χ3v) is 5.25. The van der Waals surface area contributed by atoms with E-state index >= 15 is 0 Å². The van der Waals surface area contributed by atoms with E-state index in [1.807, 2.05) is 0 Å². The summed E-state index contributed by atoms with van der Waals surface area (Å²) in [7, 11) is 0. The van der Waals surface area contributed by atoms with Gasteiger partial charge in [-0.25, -0.2) is 11.0 Å². The molecule has 2 rings (SSSR count). The molecule has 2 aliphatic carbocycles. The number of primary amides is 1. The Hall–Kier alpha value is -1.32. The number of alkyl halides is 4. The second-order valence-corrected chi connectivity index (χ2v) is 6.50. The number of nitrogens with two attached hydrogens (primary N) is 1. The first-order valence-electron chi connectivity index (χ1n) is 7.60. The molecule has 2 N–H and O–H groups in total. The lowest BCUT2D eigenvalue weighted by Gasteiger charge is -2.41. The molecule has 1 amide bonds. The molecule has 0 radical (unpaired) electrons. The van der Waals surface area contributed by atoms with Crippen molar-refractivity contribution in [2.24, 2.45) is 29.4 Å². The minimum absolute atomic E-state index is 0.0133. The van der Waals surface area contributed by atoms with Crippen molar-refractivity contribution in [3.8, 4) is 0 Å². The van der Waals surface area contributed by atoms with E-state index in [2.05, 4.69) is 4.85 Å². The number of halogens is 4. The summed E-state index contributed by atoms with van der Waals surface area (Å²) in [6.45, 7) is 6.95. The Labute approximate surface area is 127 Å². The zero-order valence-corrected chi connectivity index (χ0v) is 12.2. The molecule has 0 heterocycles. The molecule has 0 aromatic carbocycles. The molecule has 6 atom stereocenters. The van der Waals surface area contributed by atoms with Crippen molar-refractivity contribution >= 4 is 5.91 Å². The number of hydrogen-bond donors (Lipinski definition) is 1. The molecule has 0 aromatic heterocycles. The average molecular weight is 320 g/mol. The van der Waals surface area contributed by atoms with Crippen molar-refractivity contribution in [3.63, 3.8) is 0 Å². The molecule has 0 saturated heterocycles. The fourth-order valence-electron chi connectivity index (χ4n) is 4.12. The molecule has 7 heteroatoms. The fraction of sp³-hybridized carbons (Fsp3) is 0.867. The Morgan fingerprint density at radius 3 is 2.36 bits per heavy atom. The van der Waals surface area contributed by atoms with Gasteiger partial charge in [0, 0.05) is 12.3 Å². The predicted octanol–water partition coefficient (Wildman–Crippen LogP) is 3.49. The van der Waals surface area contributed by atoms with Gasteiger partial charge < -0.3 is 10.6 Å². The highest BCUT2D eigenvalue weighted by Crippen LogP contribution is 2.48. The van der Waals surface area contributed by atoms with Crippen LogP contribution in [-0.2, 0) is 4.79 Å². The Balaban J connectivity index is 2.15. The van der Waals surface area contributed by atoms with Crippen LogP contribution in [0.25, 0.3) is 4.85 Å². The van der Waals surface area contributed by atoms with Crippen LogP contribution in [0.1, 0.15) is 38.5 Å². The maximum Gasteiger partial charge on any atom is 0.399 e. The van der Waals surface area contributed by atoms with E-state index in [-0.39, 0.29) is 37.5 Å². The van der Waals surface area contributed by atoms with Crippen molar-refractivity contribution < 1.29 is 22.4 Å². The van der Waals surface area contributed by atoms with Crippen molar-refractivity contribution in [1.82, 2.24) is 0 Å². The number of carbonyl (C=O) groups is 1. The first-order valence-corrected chi connectivity index (χ1v) is 7.60. The molecular formula is C15H20F4N2O. The molecule has 0 aromatic rings. The van der Waals surface area contributed by atoms with Gasteiger partial charge in [0.2, 0.25) is 11.9 Å². The summed E-state index contributed by atoms with van der Waals surface area (Å²) in [6, 6.07) is -1.04. The molecule has 6 unspecified atom stereocenters. The number of amides is 1. The molecule has 2 fully saturated rings. The van der Waals surface area contributed by atoms with Crippen LogP contribution >= 0.6 is 0 Å². The first-order chi connectivity index (χ1) is 10.2. The largest absolute Gasteiger partial charge is 0.399 e. The van der Waals surface area contributed by atoms with Crippen LogP contribution in [0, 0.1) is 30.2 Å². The van der Waals surface area contributed by atoms with Crippen molar-refractivity contribution in [1.29, 1.82) is 0 Å². The van der Waals surface area contributed by atoms with Gasteiger partial charge in [-0.15, -0.1) is 0 Å². The van der Waals surface area contributed by atoms with Crippen LogP contribution < -0.4 is 5.73 Å². The summed E-state index contributed by atoms with van der Waals surface area (Å²) in [5.41, 5.74) is 5.32. The number of nitrogens with zero attached hydrogens (tertiary/aromatic N) is 1. The Morgan fingerprint density at radius 2 is 1.82 bits per heavy atom. The summed E-state index contributed by atoms with van der Waals surface area (Å²) in [5, 5.41) is 0. The normalized spacial score (nSPS) is 40.0. The van der Waals surface area contributed by atoms with E-state index in [1.165, 1.54) is 0 Å². The third kappa shape index (κ3) is 3.53.